The highest BCUT2D eigenvalue weighted by Crippen LogP contribution is 2.20. The second kappa shape index (κ2) is 12.4. The van der Waals surface area contributed by atoms with E-state index in [1.807, 2.05) is 7.05 Å². The van der Waals surface area contributed by atoms with Crippen molar-refractivity contribution in [3.05, 3.63) is 0 Å². The molecule has 3 aliphatic heterocycles. The Morgan fingerprint density at radius 3 is 2.65 bits per heavy atom. The molecule has 0 spiro atoms. The van der Waals surface area contributed by atoms with Gasteiger partial charge in [-0.2, -0.15) is 0 Å². The Balaban J connectivity index is 0.00000243. The van der Waals surface area contributed by atoms with Crippen molar-refractivity contribution in [1.82, 2.24) is 15.1 Å². The maximum atomic E-state index is 5.94. The SMILES string of the molecule is CN=C(NCCCOC1CCOCC1)N1CCC(CN2CCCC2)C1.I. The van der Waals surface area contributed by atoms with Crippen molar-refractivity contribution in [3.63, 3.8) is 0 Å². The van der Waals surface area contributed by atoms with Crippen molar-refractivity contribution in [2.45, 2.75) is 44.6 Å². The predicted octanol–water partition coefficient (Wildman–Crippen LogP) is 2.18. The lowest BCUT2D eigenvalue weighted by molar-refractivity contribution is -0.0320. The molecule has 0 radical (unpaired) electrons. The van der Waals surface area contributed by atoms with E-state index in [-0.39, 0.29) is 24.0 Å². The molecule has 0 aliphatic carbocycles. The number of aliphatic imine (C=N–C) groups is 1. The van der Waals surface area contributed by atoms with Gasteiger partial charge in [0.15, 0.2) is 5.96 Å². The third kappa shape index (κ3) is 7.13. The summed E-state index contributed by atoms with van der Waals surface area (Å²) in [5.41, 5.74) is 0. The number of nitrogens with zero attached hydrogens (tertiary/aromatic N) is 3. The molecule has 6 nitrogen and oxygen atoms in total. The summed E-state index contributed by atoms with van der Waals surface area (Å²) < 4.78 is 11.3. The molecule has 7 heteroatoms. The minimum Gasteiger partial charge on any atom is -0.381 e. The highest BCUT2D eigenvalue weighted by Gasteiger charge is 2.27. The zero-order valence-electron chi connectivity index (χ0n) is 16.3. The van der Waals surface area contributed by atoms with Crippen LogP contribution in [0.1, 0.15) is 38.5 Å². The molecule has 3 rings (SSSR count). The summed E-state index contributed by atoms with van der Waals surface area (Å²) in [6.45, 7) is 9.62. The van der Waals surface area contributed by atoms with Crippen molar-refractivity contribution in [1.29, 1.82) is 0 Å². The van der Waals surface area contributed by atoms with Crippen LogP contribution in [0.5, 0.6) is 0 Å². The lowest BCUT2D eigenvalue weighted by Crippen LogP contribution is -2.41. The van der Waals surface area contributed by atoms with E-state index in [1.165, 1.54) is 38.9 Å². The Morgan fingerprint density at radius 2 is 1.92 bits per heavy atom. The summed E-state index contributed by atoms with van der Waals surface area (Å²) in [5, 5.41) is 3.52. The number of halogens is 1. The molecule has 1 atom stereocenters. The molecule has 0 amide bonds. The van der Waals surface area contributed by atoms with Crippen molar-refractivity contribution in [2.24, 2.45) is 10.9 Å². The molecule has 1 N–H and O–H groups in total. The number of rotatable bonds is 7. The van der Waals surface area contributed by atoms with Crippen LogP contribution >= 0.6 is 24.0 Å². The lowest BCUT2D eigenvalue weighted by Gasteiger charge is -2.24. The molecule has 3 saturated heterocycles. The van der Waals surface area contributed by atoms with Gasteiger partial charge in [-0.3, -0.25) is 4.99 Å². The normalized spacial score (nSPS) is 25.5. The fraction of sp³-hybridized carbons (Fsp3) is 0.947. The molecule has 152 valence electrons. The third-order valence-corrected chi connectivity index (χ3v) is 5.64. The van der Waals surface area contributed by atoms with Crippen LogP contribution in [0, 0.1) is 5.92 Å². The fourth-order valence-corrected chi connectivity index (χ4v) is 4.20. The monoisotopic (exact) mass is 480 g/mol. The molecule has 0 aromatic carbocycles. The zero-order valence-corrected chi connectivity index (χ0v) is 18.7. The van der Waals surface area contributed by atoms with Crippen LogP contribution in [0.15, 0.2) is 4.99 Å². The van der Waals surface area contributed by atoms with Gasteiger partial charge in [0.25, 0.3) is 0 Å². The standard InChI is InChI=1S/C19H36N4O2.HI/c1-20-19(21-8-4-12-25-18-6-13-24-14-7-18)23-11-5-17(16-23)15-22-9-2-3-10-22;/h17-18H,2-16H2,1H3,(H,20,21);1H. The van der Waals surface area contributed by atoms with Crippen molar-refractivity contribution < 1.29 is 9.47 Å². The van der Waals surface area contributed by atoms with E-state index < -0.39 is 0 Å². The molecule has 1 unspecified atom stereocenters. The largest absolute Gasteiger partial charge is 0.381 e. The highest BCUT2D eigenvalue weighted by atomic mass is 127. The first-order chi connectivity index (χ1) is 12.3. The van der Waals surface area contributed by atoms with Gasteiger partial charge in [0.1, 0.15) is 0 Å². The Bertz CT molecular complexity index is 412. The van der Waals surface area contributed by atoms with Crippen LogP contribution in [-0.2, 0) is 9.47 Å². The second-order valence-electron chi connectivity index (χ2n) is 7.62. The van der Waals surface area contributed by atoms with E-state index in [0.29, 0.717) is 6.10 Å². The van der Waals surface area contributed by atoms with Crippen molar-refractivity contribution >= 4 is 29.9 Å². The topological polar surface area (TPSA) is 49.3 Å². The van der Waals surface area contributed by atoms with Crippen LogP contribution in [-0.4, -0.2) is 88.0 Å². The van der Waals surface area contributed by atoms with Crippen LogP contribution < -0.4 is 5.32 Å². The van der Waals surface area contributed by atoms with E-state index in [2.05, 4.69) is 20.1 Å². The minimum atomic E-state index is 0. The molecule has 0 aromatic rings. The summed E-state index contributed by atoms with van der Waals surface area (Å²) in [4.78, 5) is 9.55. The molecular formula is C19H37IN4O2. The van der Waals surface area contributed by atoms with Crippen molar-refractivity contribution in [3.8, 4) is 0 Å². The van der Waals surface area contributed by atoms with E-state index in [9.17, 15) is 0 Å². The van der Waals surface area contributed by atoms with Gasteiger partial charge in [-0.25, -0.2) is 0 Å². The Hall–Kier alpha value is -0.120. The Morgan fingerprint density at radius 1 is 1.15 bits per heavy atom. The quantitative estimate of drug-likeness (QED) is 0.262. The third-order valence-electron chi connectivity index (χ3n) is 5.64. The lowest BCUT2D eigenvalue weighted by atomic mass is 10.1. The molecule has 3 aliphatic rings. The van der Waals surface area contributed by atoms with Crippen molar-refractivity contribution in [2.75, 3.05) is 66.1 Å². The molecule has 0 saturated carbocycles. The van der Waals surface area contributed by atoms with E-state index in [4.69, 9.17) is 9.47 Å². The first kappa shape index (κ1) is 22.2. The number of nitrogens with one attached hydrogen (secondary N) is 1. The minimum absolute atomic E-state index is 0. The number of ether oxygens (including phenoxy) is 2. The smallest absolute Gasteiger partial charge is 0.193 e. The summed E-state index contributed by atoms with van der Waals surface area (Å²) >= 11 is 0. The molecule has 0 aromatic heterocycles. The number of hydrogen-bond donors (Lipinski definition) is 1. The maximum absolute atomic E-state index is 5.94. The predicted molar refractivity (Wildman–Crippen MR) is 117 cm³/mol. The summed E-state index contributed by atoms with van der Waals surface area (Å²) in [6, 6.07) is 0. The van der Waals surface area contributed by atoms with Gasteiger partial charge >= 0.3 is 0 Å². The second-order valence-corrected chi connectivity index (χ2v) is 7.62. The summed E-state index contributed by atoms with van der Waals surface area (Å²) in [5.74, 6) is 1.86. The molecule has 0 bridgehead atoms. The van der Waals surface area contributed by atoms with Crippen LogP contribution in [0.25, 0.3) is 0 Å². The highest BCUT2D eigenvalue weighted by molar-refractivity contribution is 14.0. The van der Waals surface area contributed by atoms with Crippen LogP contribution in [0.4, 0.5) is 0 Å². The van der Waals surface area contributed by atoms with Gasteiger partial charge in [-0.05, 0) is 57.5 Å². The van der Waals surface area contributed by atoms with Gasteiger partial charge in [-0.1, -0.05) is 0 Å². The Kier molecular flexibility index (Phi) is 10.5. The zero-order chi connectivity index (χ0) is 17.3. The molecule has 26 heavy (non-hydrogen) atoms. The summed E-state index contributed by atoms with van der Waals surface area (Å²) in [7, 11) is 1.90. The number of guanidine groups is 1. The molecule has 3 heterocycles. The first-order valence-electron chi connectivity index (χ1n) is 10.2. The van der Waals surface area contributed by atoms with Gasteiger partial charge in [-0.15, -0.1) is 24.0 Å². The maximum Gasteiger partial charge on any atom is 0.193 e. The first-order valence-corrected chi connectivity index (χ1v) is 10.2. The molecular weight excluding hydrogens is 443 g/mol. The van der Waals surface area contributed by atoms with E-state index >= 15 is 0 Å². The van der Waals surface area contributed by atoms with Gasteiger partial charge in [0.2, 0.25) is 0 Å². The van der Waals surface area contributed by atoms with Crippen LogP contribution in [0.2, 0.25) is 0 Å². The van der Waals surface area contributed by atoms with Gasteiger partial charge in [0, 0.05) is 53.0 Å². The number of likely N-dealkylation sites (tertiary alicyclic amines) is 2. The Labute approximate surface area is 176 Å². The van der Waals surface area contributed by atoms with Gasteiger partial charge in [0.05, 0.1) is 6.10 Å². The average Bonchev–Trinajstić information content (AvgIpc) is 3.32. The van der Waals surface area contributed by atoms with E-state index in [0.717, 1.165) is 70.6 Å². The van der Waals surface area contributed by atoms with Gasteiger partial charge < -0.3 is 24.6 Å². The van der Waals surface area contributed by atoms with E-state index in [1.54, 1.807) is 0 Å². The van der Waals surface area contributed by atoms with Crippen LogP contribution in [0.3, 0.4) is 0 Å². The molecule has 3 fully saturated rings. The number of hydrogen-bond acceptors (Lipinski definition) is 4. The average molecular weight is 480 g/mol. The fourth-order valence-electron chi connectivity index (χ4n) is 4.20. The summed E-state index contributed by atoms with van der Waals surface area (Å²) in [6.07, 6.45) is 7.58.